The molecule has 0 radical (unpaired) electrons. The third kappa shape index (κ3) is 6.25. The van der Waals surface area contributed by atoms with Gasteiger partial charge in [0.15, 0.2) is 0 Å². The molecule has 5 nitrogen and oxygen atoms in total. The summed E-state index contributed by atoms with van der Waals surface area (Å²) >= 11 is 0. The number of halogens is 3. The summed E-state index contributed by atoms with van der Waals surface area (Å²) in [7, 11) is -1.57. The maximum Gasteiger partial charge on any atom is 0.410 e. The lowest BCUT2D eigenvalue weighted by Crippen LogP contribution is -2.53. The van der Waals surface area contributed by atoms with Crippen molar-refractivity contribution in [2.75, 3.05) is 6.54 Å². The highest BCUT2D eigenvalue weighted by Crippen LogP contribution is 2.47. The summed E-state index contributed by atoms with van der Waals surface area (Å²) in [5.41, 5.74) is 0.261. The van der Waals surface area contributed by atoms with Gasteiger partial charge in [0.2, 0.25) is 0 Å². The van der Waals surface area contributed by atoms with Gasteiger partial charge in [-0.3, -0.25) is 4.90 Å². The predicted octanol–water partition coefficient (Wildman–Crippen LogP) is 6.47. The number of rotatable bonds is 4. The molecule has 1 aliphatic carbocycles. The molecule has 1 aliphatic heterocycles. The van der Waals surface area contributed by atoms with E-state index in [2.05, 4.69) is 4.40 Å². The molecular weight excluding hydrogens is 501 g/mol. The Hall–Kier alpha value is -2.68. The van der Waals surface area contributed by atoms with Crippen LogP contribution in [0, 0.1) is 29.3 Å². The average molecular weight is 535 g/mol. The van der Waals surface area contributed by atoms with Crippen LogP contribution in [-0.4, -0.2) is 43.8 Å². The first-order valence-electron chi connectivity index (χ1n) is 12.4. The quantitative estimate of drug-likeness (QED) is 0.452. The van der Waals surface area contributed by atoms with E-state index in [1.54, 1.807) is 37.8 Å². The molecule has 2 aliphatic rings. The van der Waals surface area contributed by atoms with Gasteiger partial charge in [-0.15, -0.1) is 0 Å². The molecule has 200 valence electrons. The summed E-state index contributed by atoms with van der Waals surface area (Å²) in [5, 5.41) is 0. The molecule has 0 spiro atoms. The Bertz CT molecular complexity index is 1250. The number of carbonyl (C=O) groups is 1. The third-order valence-electron chi connectivity index (χ3n) is 6.46. The lowest BCUT2D eigenvalue weighted by molar-refractivity contribution is 0.0185. The van der Waals surface area contributed by atoms with Crippen LogP contribution in [-0.2, 0) is 22.1 Å². The number of hydrogen-bond acceptors (Lipinski definition) is 3. The molecule has 9 heteroatoms. The number of amides is 1. The van der Waals surface area contributed by atoms with Crippen molar-refractivity contribution in [3.8, 4) is 11.1 Å². The highest BCUT2D eigenvalue weighted by atomic mass is 32.2. The molecule has 1 amide bonds. The second-order valence-electron chi connectivity index (χ2n) is 11.8. The summed E-state index contributed by atoms with van der Waals surface area (Å²) < 4.78 is 66.1. The van der Waals surface area contributed by atoms with Crippen molar-refractivity contribution >= 4 is 22.8 Å². The second-order valence-corrected chi connectivity index (χ2v) is 13.7. The highest BCUT2D eigenvalue weighted by molar-refractivity contribution is 7.85. The van der Waals surface area contributed by atoms with Crippen LogP contribution >= 0.6 is 0 Å². The van der Waals surface area contributed by atoms with Gasteiger partial charge >= 0.3 is 6.09 Å². The first-order valence-corrected chi connectivity index (χ1v) is 13.5. The van der Waals surface area contributed by atoms with Crippen molar-refractivity contribution in [1.82, 2.24) is 4.90 Å². The zero-order valence-corrected chi connectivity index (χ0v) is 22.8. The van der Waals surface area contributed by atoms with E-state index in [9.17, 15) is 17.8 Å². The molecule has 0 bridgehead atoms. The summed E-state index contributed by atoms with van der Waals surface area (Å²) in [4.78, 5) is 14.8. The van der Waals surface area contributed by atoms with E-state index < -0.39 is 50.9 Å². The molecule has 0 N–H and O–H groups in total. The minimum absolute atomic E-state index is 0.0524. The first kappa shape index (κ1) is 27.4. The monoisotopic (exact) mass is 534 g/mol. The van der Waals surface area contributed by atoms with Crippen molar-refractivity contribution < 1.29 is 26.9 Å². The normalized spacial score (nSPS) is 23.5. The van der Waals surface area contributed by atoms with Gasteiger partial charge in [-0.25, -0.2) is 22.2 Å². The van der Waals surface area contributed by atoms with Crippen molar-refractivity contribution in [2.24, 2.45) is 16.2 Å². The fraction of sp³-hybridized carbons (Fsp3) is 0.500. The van der Waals surface area contributed by atoms with Crippen LogP contribution in [0.15, 0.2) is 40.8 Å². The number of piperidine rings is 1. The van der Waals surface area contributed by atoms with Crippen LogP contribution in [0.4, 0.5) is 18.0 Å². The number of nitrogens with zero attached hydrogens (tertiary/aromatic N) is 2. The van der Waals surface area contributed by atoms with Crippen LogP contribution in [0.25, 0.3) is 11.1 Å². The molecular formula is C28H33F3N2O3S. The van der Waals surface area contributed by atoms with Crippen LogP contribution in [0.5, 0.6) is 0 Å². The standard InChI is InChI=1S/C28H33F3N2O3S/c1-27(2,3)36-26(34)33-15-18-12-22(18)25(32-37(35)28(4,5)6)23(33)13-16-8-7-9-21(24(16)31)17-10-19(29)14-20(30)11-17/h7-11,14,18,22-23H,12-13,15H2,1-6H3/b32-25+/t18?,22?,23?,37-/m0/s1. The Labute approximate surface area is 218 Å². The minimum Gasteiger partial charge on any atom is -0.444 e. The van der Waals surface area contributed by atoms with Crippen molar-refractivity contribution in [3.05, 3.63) is 59.4 Å². The Morgan fingerprint density at radius 2 is 1.73 bits per heavy atom. The first-order chi connectivity index (χ1) is 17.1. The molecule has 4 atom stereocenters. The number of ether oxygens (including phenoxy) is 1. The largest absolute Gasteiger partial charge is 0.444 e. The fourth-order valence-corrected chi connectivity index (χ4v) is 5.30. The molecule has 2 fully saturated rings. The summed E-state index contributed by atoms with van der Waals surface area (Å²) in [6.07, 6.45) is 0.321. The molecule has 2 aromatic carbocycles. The smallest absolute Gasteiger partial charge is 0.410 e. The maximum absolute atomic E-state index is 15.8. The number of likely N-dealkylation sites (tertiary alicyclic amines) is 1. The van der Waals surface area contributed by atoms with Crippen LogP contribution in [0.3, 0.4) is 0 Å². The molecule has 1 saturated heterocycles. The van der Waals surface area contributed by atoms with E-state index >= 15 is 4.39 Å². The Kier molecular flexibility index (Phi) is 7.31. The fourth-order valence-electron chi connectivity index (χ4n) is 4.57. The van der Waals surface area contributed by atoms with Gasteiger partial charge in [0.25, 0.3) is 0 Å². The van der Waals surface area contributed by atoms with Crippen LogP contribution in [0.2, 0.25) is 0 Å². The zero-order chi connectivity index (χ0) is 27.3. The molecule has 0 aromatic heterocycles. The number of fused-ring (bicyclic) bond motifs is 1. The molecule has 37 heavy (non-hydrogen) atoms. The van der Waals surface area contributed by atoms with Crippen LogP contribution < -0.4 is 0 Å². The van der Waals surface area contributed by atoms with E-state index in [1.165, 1.54) is 6.07 Å². The van der Waals surface area contributed by atoms with E-state index in [1.807, 2.05) is 20.8 Å². The van der Waals surface area contributed by atoms with Gasteiger partial charge in [0, 0.05) is 30.5 Å². The van der Waals surface area contributed by atoms with E-state index in [0.29, 0.717) is 12.3 Å². The summed E-state index contributed by atoms with van der Waals surface area (Å²) in [5.74, 6) is -1.99. The Morgan fingerprint density at radius 3 is 2.32 bits per heavy atom. The molecule has 2 aromatic rings. The SMILES string of the molecule is CC(C)(C)OC(=O)N1CC2CC2/C(=N\[S@@](=O)C(C)(C)C)C1Cc1cccc(-c2cc(F)cc(F)c2)c1F. The summed E-state index contributed by atoms with van der Waals surface area (Å²) in [6, 6.07) is 6.87. The Morgan fingerprint density at radius 1 is 1.08 bits per heavy atom. The molecule has 4 rings (SSSR count). The van der Waals surface area contributed by atoms with Crippen molar-refractivity contribution in [2.45, 2.75) is 70.8 Å². The van der Waals surface area contributed by atoms with Crippen molar-refractivity contribution in [1.29, 1.82) is 0 Å². The lowest BCUT2D eigenvalue weighted by Gasteiger charge is -2.37. The second kappa shape index (κ2) is 9.89. The van der Waals surface area contributed by atoms with Gasteiger partial charge in [-0.2, -0.15) is 4.40 Å². The predicted molar refractivity (Wildman–Crippen MR) is 139 cm³/mol. The van der Waals surface area contributed by atoms with Gasteiger partial charge in [0.05, 0.1) is 16.5 Å². The van der Waals surface area contributed by atoms with Gasteiger partial charge in [0.1, 0.15) is 34.0 Å². The average Bonchev–Trinajstić information content (AvgIpc) is 3.53. The van der Waals surface area contributed by atoms with E-state index in [4.69, 9.17) is 4.74 Å². The Balaban J connectivity index is 1.76. The van der Waals surface area contributed by atoms with E-state index in [-0.39, 0.29) is 34.9 Å². The van der Waals surface area contributed by atoms with Gasteiger partial charge in [-0.1, -0.05) is 18.2 Å². The number of hydrogen-bond donors (Lipinski definition) is 0. The highest BCUT2D eigenvalue weighted by Gasteiger charge is 2.53. The maximum atomic E-state index is 15.8. The molecule has 3 unspecified atom stereocenters. The zero-order valence-electron chi connectivity index (χ0n) is 22.0. The topological polar surface area (TPSA) is 59.0 Å². The third-order valence-corrected chi connectivity index (χ3v) is 7.88. The molecule has 1 saturated carbocycles. The summed E-state index contributed by atoms with van der Waals surface area (Å²) in [6.45, 7) is 11.2. The molecule has 1 heterocycles. The minimum atomic E-state index is -1.57. The van der Waals surface area contributed by atoms with E-state index in [0.717, 1.165) is 24.6 Å². The van der Waals surface area contributed by atoms with Gasteiger partial charge < -0.3 is 4.74 Å². The van der Waals surface area contributed by atoms with Gasteiger partial charge in [-0.05, 0) is 77.1 Å². The number of carbonyl (C=O) groups excluding carboxylic acids is 1. The van der Waals surface area contributed by atoms with Crippen LogP contribution in [0.1, 0.15) is 53.5 Å². The lowest BCUT2D eigenvalue weighted by atomic mass is 9.92. The number of benzene rings is 2. The van der Waals surface area contributed by atoms with Crippen molar-refractivity contribution in [3.63, 3.8) is 0 Å².